The third-order valence-electron chi connectivity index (χ3n) is 7.33. The first kappa shape index (κ1) is 24.5. The molecule has 3 atom stereocenters. The molecule has 3 unspecified atom stereocenters. The van der Waals surface area contributed by atoms with Crippen LogP contribution in [0.25, 0.3) is 22.4 Å². The maximum atomic E-state index is 12.2. The molecule has 1 amide bonds. The van der Waals surface area contributed by atoms with Crippen LogP contribution in [0.1, 0.15) is 44.6 Å². The monoisotopic (exact) mass is 526 g/mol. The summed E-state index contributed by atoms with van der Waals surface area (Å²) in [7, 11) is 0. The number of likely N-dealkylation sites (tertiary alicyclic amines) is 1. The van der Waals surface area contributed by atoms with Gasteiger partial charge < -0.3 is 28.8 Å². The summed E-state index contributed by atoms with van der Waals surface area (Å²) in [6.45, 7) is 6.32. The second kappa shape index (κ2) is 10.1. The van der Waals surface area contributed by atoms with Crippen molar-refractivity contribution in [1.82, 2.24) is 19.9 Å². The standard InChI is InChI=1S/C27H31ClN4O5/c1-15(2)36-27(33)32-10-7-17(8-11-32)16-3-5-18(6-4-16)23-19(28)13-20-25(30-23)31-26(29-20)37-22-14-35-21-9-12-34-24(21)22/h3-6,13,15,17,21-22,24H,7-12,14H2,1-2H3,(H,29,30,31). The number of ether oxygens (including phenoxy) is 4. The Bertz CT molecular complexity index is 1270. The van der Waals surface area contributed by atoms with Crippen molar-refractivity contribution >= 4 is 28.9 Å². The Morgan fingerprint density at radius 1 is 1.14 bits per heavy atom. The lowest BCUT2D eigenvalue weighted by Crippen LogP contribution is -2.39. The quantitative estimate of drug-likeness (QED) is 0.503. The van der Waals surface area contributed by atoms with Crippen LogP contribution in [0, 0.1) is 0 Å². The van der Waals surface area contributed by atoms with Crippen LogP contribution in [0.3, 0.4) is 0 Å². The summed E-state index contributed by atoms with van der Waals surface area (Å²) in [5.74, 6) is 0.400. The molecule has 196 valence electrons. The third-order valence-corrected chi connectivity index (χ3v) is 7.62. The van der Waals surface area contributed by atoms with Crippen molar-refractivity contribution in [3.63, 3.8) is 0 Å². The number of hydrogen-bond donors (Lipinski definition) is 1. The largest absolute Gasteiger partial charge is 0.456 e. The molecule has 3 aliphatic rings. The second-order valence-corrected chi connectivity index (χ2v) is 10.6. The van der Waals surface area contributed by atoms with Crippen molar-refractivity contribution in [2.45, 2.75) is 63.4 Å². The molecule has 0 radical (unpaired) electrons. The molecule has 0 saturated carbocycles. The summed E-state index contributed by atoms with van der Waals surface area (Å²) in [5, 5.41) is 0.538. The van der Waals surface area contributed by atoms with E-state index in [0.29, 0.717) is 60.1 Å². The van der Waals surface area contributed by atoms with Crippen molar-refractivity contribution < 1.29 is 23.7 Å². The number of aromatic nitrogens is 3. The Morgan fingerprint density at radius 3 is 2.68 bits per heavy atom. The maximum Gasteiger partial charge on any atom is 0.410 e. The number of halogens is 1. The predicted octanol–water partition coefficient (Wildman–Crippen LogP) is 4.94. The molecule has 3 fully saturated rings. The Hall–Kier alpha value is -2.88. The molecular weight excluding hydrogens is 496 g/mol. The highest BCUT2D eigenvalue weighted by Crippen LogP contribution is 2.34. The fourth-order valence-electron chi connectivity index (χ4n) is 5.41. The lowest BCUT2D eigenvalue weighted by atomic mass is 9.89. The van der Waals surface area contributed by atoms with Crippen molar-refractivity contribution in [3.8, 4) is 17.3 Å². The molecule has 3 aliphatic heterocycles. The number of carbonyl (C=O) groups is 1. The van der Waals surface area contributed by atoms with Crippen LogP contribution in [0.5, 0.6) is 6.01 Å². The molecule has 0 bridgehead atoms. The topological polar surface area (TPSA) is 98.8 Å². The van der Waals surface area contributed by atoms with Gasteiger partial charge in [0.05, 0.1) is 35.0 Å². The van der Waals surface area contributed by atoms with Crippen LogP contribution in [-0.2, 0) is 14.2 Å². The summed E-state index contributed by atoms with van der Waals surface area (Å²) in [5.41, 5.74) is 4.10. The highest BCUT2D eigenvalue weighted by atomic mass is 35.5. The molecule has 6 rings (SSSR count). The molecule has 10 heteroatoms. The first-order chi connectivity index (χ1) is 17.9. The van der Waals surface area contributed by atoms with E-state index < -0.39 is 0 Å². The van der Waals surface area contributed by atoms with Crippen molar-refractivity contribution in [1.29, 1.82) is 0 Å². The van der Waals surface area contributed by atoms with E-state index in [1.165, 1.54) is 5.56 Å². The minimum absolute atomic E-state index is 0.0556. The van der Waals surface area contributed by atoms with Gasteiger partial charge in [0.15, 0.2) is 11.8 Å². The van der Waals surface area contributed by atoms with Crippen LogP contribution < -0.4 is 4.74 Å². The summed E-state index contributed by atoms with van der Waals surface area (Å²) in [4.78, 5) is 26.4. The van der Waals surface area contributed by atoms with Gasteiger partial charge in [0.2, 0.25) is 0 Å². The van der Waals surface area contributed by atoms with Gasteiger partial charge in [-0.2, -0.15) is 4.98 Å². The third kappa shape index (κ3) is 5.00. The van der Waals surface area contributed by atoms with Crippen LogP contribution in [-0.4, -0.2) is 76.7 Å². The van der Waals surface area contributed by atoms with E-state index in [9.17, 15) is 4.79 Å². The molecule has 1 N–H and O–H groups in total. The van der Waals surface area contributed by atoms with Crippen molar-refractivity contribution in [2.75, 3.05) is 26.3 Å². The molecule has 3 aromatic rings. The highest BCUT2D eigenvalue weighted by molar-refractivity contribution is 6.33. The average molecular weight is 527 g/mol. The van der Waals surface area contributed by atoms with E-state index in [1.807, 2.05) is 32.0 Å². The van der Waals surface area contributed by atoms with E-state index in [4.69, 9.17) is 35.5 Å². The molecular formula is C27H31ClN4O5. The number of hydrogen-bond acceptors (Lipinski definition) is 7. The minimum Gasteiger partial charge on any atom is -0.456 e. The molecule has 5 heterocycles. The van der Waals surface area contributed by atoms with Gasteiger partial charge in [-0.3, -0.25) is 0 Å². The van der Waals surface area contributed by atoms with Crippen LogP contribution in [0.4, 0.5) is 4.79 Å². The Morgan fingerprint density at radius 2 is 1.92 bits per heavy atom. The fraction of sp³-hybridized carbons (Fsp3) is 0.519. The summed E-state index contributed by atoms with van der Waals surface area (Å²) >= 11 is 6.62. The number of benzene rings is 1. The minimum atomic E-state index is -0.223. The Balaban J connectivity index is 1.13. The molecule has 37 heavy (non-hydrogen) atoms. The normalized spacial score (nSPS) is 24.1. The number of H-pyrrole nitrogens is 1. The first-order valence-electron chi connectivity index (χ1n) is 13.0. The molecule has 1 aromatic carbocycles. The van der Waals surface area contributed by atoms with E-state index in [2.05, 4.69) is 22.1 Å². The number of amides is 1. The van der Waals surface area contributed by atoms with E-state index in [1.54, 1.807) is 4.90 Å². The van der Waals surface area contributed by atoms with E-state index >= 15 is 0 Å². The van der Waals surface area contributed by atoms with Gasteiger partial charge in [0, 0.05) is 25.3 Å². The van der Waals surface area contributed by atoms with Gasteiger partial charge in [-0.15, -0.1) is 0 Å². The van der Waals surface area contributed by atoms with Gasteiger partial charge in [-0.05, 0) is 50.7 Å². The van der Waals surface area contributed by atoms with Crippen LogP contribution >= 0.6 is 11.6 Å². The number of carbonyl (C=O) groups excluding carboxylic acids is 1. The summed E-state index contributed by atoms with van der Waals surface area (Å²) in [6, 6.07) is 10.6. The summed E-state index contributed by atoms with van der Waals surface area (Å²) < 4.78 is 22.9. The zero-order valence-electron chi connectivity index (χ0n) is 21.0. The first-order valence-corrected chi connectivity index (χ1v) is 13.3. The molecule has 3 saturated heterocycles. The van der Waals surface area contributed by atoms with Crippen LogP contribution in [0.2, 0.25) is 5.02 Å². The van der Waals surface area contributed by atoms with Crippen molar-refractivity contribution in [3.05, 3.63) is 40.9 Å². The summed E-state index contributed by atoms with van der Waals surface area (Å²) in [6.07, 6.45) is 2.25. The Labute approximate surface area is 220 Å². The Kier molecular flexibility index (Phi) is 6.69. The fourth-order valence-corrected chi connectivity index (χ4v) is 5.67. The zero-order valence-corrected chi connectivity index (χ0v) is 21.7. The van der Waals surface area contributed by atoms with E-state index in [0.717, 1.165) is 24.8 Å². The second-order valence-electron chi connectivity index (χ2n) is 10.2. The number of rotatable bonds is 5. The number of imidazole rings is 1. The van der Waals surface area contributed by atoms with Gasteiger partial charge in [0.1, 0.15) is 6.10 Å². The number of pyridine rings is 1. The molecule has 0 spiro atoms. The highest BCUT2D eigenvalue weighted by Gasteiger charge is 2.43. The predicted molar refractivity (Wildman–Crippen MR) is 138 cm³/mol. The smallest absolute Gasteiger partial charge is 0.410 e. The molecule has 2 aromatic heterocycles. The van der Waals surface area contributed by atoms with Gasteiger partial charge in [-0.1, -0.05) is 35.9 Å². The maximum absolute atomic E-state index is 12.2. The van der Waals surface area contributed by atoms with Crippen molar-refractivity contribution in [2.24, 2.45) is 0 Å². The number of fused-ring (bicyclic) bond motifs is 2. The number of nitrogens with zero attached hydrogens (tertiary/aromatic N) is 3. The number of aromatic amines is 1. The van der Waals surface area contributed by atoms with Gasteiger partial charge >= 0.3 is 6.09 Å². The molecule has 0 aliphatic carbocycles. The zero-order chi connectivity index (χ0) is 25.5. The lowest BCUT2D eigenvalue weighted by Gasteiger charge is -2.32. The van der Waals surface area contributed by atoms with Gasteiger partial charge in [-0.25, -0.2) is 9.78 Å². The molecule has 9 nitrogen and oxygen atoms in total. The number of nitrogens with one attached hydrogen (secondary N) is 1. The van der Waals surface area contributed by atoms with E-state index in [-0.39, 0.29) is 30.5 Å². The average Bonchev–Trinajstić information content (AvgIpc) is 3.60. The SMILES string of the molecule is CC(C)OC(=O)N1CCC(c2ccc(-c3nc4nc(OC5COC6CCOC65)[nH]c4cc3Cl)cc2)CC1. The lowest BCUT2D eigenvalue weighted by molar-refractivity contribution is 0.0273. The van der Waals surface area contributed by atoms with Crippen LogP contribution in [0.15, 0.2) is 30.3 Å². The van der Waals surface area contributed by atoms with Gasteiger partial charge in [0.25, 0.3) is 6.01 Å². The number of piperidine rings is 1.